The SMILES string of the molecule is COC(=O)c1nc(C)cc(NC(CN(C)C)C(C)C)n1. The molecule has 1 aromatic heterocycles. The summed E-state index contributed by atoms with van der Waals surface area (Å²) in [6, 6.07) is 2.07. The molecule has 1 aromatic rings. The molecule has 6 nitrogen and oxygen atoms in total. The summed E-state index contributed by atoms with van der Waals surface area (Å²) in [5, 5.41) is 3.37. The highest BCUT2D eigenvalue weighted by Crippen LogP contribution is 2.13. The van der Waals surface area contributed by atoms with E-state index in [0.717, 1.165) is 12.2 Å². The van der Waals surface area contributed by atoms with E-state index in [0.29, 0.717) is 11.7 Å². The van der Waals surface area contributed by atoms with Gasteiger partial charge in [-0.1, -0.05) is 13.8 Å². The van der Waals surface area contributed by atoms with E-state index < -0.39 is 5.97 Å². The minimum atomic E-state index is -0.523. The van der Waals surface area contributed by atoms with Crippen LogP contribution in [0, 0.1) is 12.8 Å². The molecule has 0 amide bonds. The minimum Gasteiger partial charge on any atom is -0.463 e. The first-order valence-electron chi connectivity index (χ1n) is 6.68. The largest absolute Gasteiger partial charge is 0.463 e. The predicted molar refractivity (Wildman–Crippen MR) is 78.9 cm³/mol. The van der Waals surface area contributed by atoms with Gasteiger partial charge in [0.25, 0.3) is 0 Å². The van der Waals surface area contributed by atoms with Crippen molar-refractivity contribution < 1.29 is 9.53 Å². The van der Waals surface area contributed by atoms with Crippen molar-refractivity contribution in [2.24, 2.45) is 5.92 Å². The Morgan fingerprint density at radius 2 is 2.05 bits per heavy atom. The van der Waals surface area contributed by atoms with E-state index in [1.54, 1.807) is 0 Å². The number of carbonyl (C=O) groups is 1. The number of hydrogen-bond donors (Lipinski definition) is 1. The normalized spacial score (nSPS) is 12.6. The Morgan fingerprint density at radius 3 is 2.55 bits per heavy atom. The monoisotopic (exact) mass is 280 g/mol. The molecule has 1 N–H and O–H groups in total. The zero-order valence-corrected chi connectivity index (χ0v) is 13.1. The van der Waals surface area contributed by atoms with Crippen LogP contribution in [0.4, 0.5) is 5.82 Å². The smallest absolute Gasteiger partial charge is 0.376 e. The van der Waals surface area contributed by atoms with E-state index in [2.05, 4.69) is 38.8 Å². The summed E-state index contributed by atoms with van der Waals surface area (Å²) in [5.41, 5.74) is 0.732. The number of aryl methyl sites for hydroxylation is 1. The predicted octanol–water partition coefficient (Wildman–Crippen LogP) is 1.57. The second-order valence-corrected chi connectivity index (χ2v) is 5.47. The molecule has 0 saturated heterocycles. The molecular formula is C14H24N4O2. The topological polar surface area (TPSA) is 67.3 Å². The third-order valence-electron chi connectivity index (χ3n) is 2.92. The Morgan fingerprint density at radius 1 is 1.40 bits per heavy atom. The molecule has 0 saturated carbocycles. The lowest BCUT2D eigenvalue weighted by molar-refractivity contribution is 0.0586. The minimum absolute atomic E-state index is 0.0855. The summed E-state index contributed by atoms with van der Waals surface area (Å²) in [6.45, 7) is 7.01. The first-order valence-corrected chi connectivity index (χ1v) is 6.68. The van der Waals surface area contributed by atoms with Crippen molar-refractivity contribution in [2.45, 2.75) is 26.8 Å². The number of anilines is 1. The first-order chi connectivity index (χ1) is 9.33. The zero-order chi connectivity index (χ0) is 15.3. The van der Waals surface area contributed by atoms with E-state index in [4.69, 9.17) is 0 Å². The van der Waals surface area contributed by atoms with Gasteiger partial charge >= 0.3 is 5.97 Å². The molecular weight excluding hydrogens is 256 g/mol. The molecule has 20 heavy (non-hydrogen) atoms. The van der Waals surface area contributed by atoms with Crippen LogP contribution in [0.15, 0.2) is 6.07 Å². The number of hydrogen-bond acceptors (Lipinski definition) is 6. The Kier molecular flexibility index (Phi) is 5.88. The molecule has 1 atom stereocenters. The van der Waals surface area contributed by atoms with Crippen molar-refractivity contribution in [1.29, 1.82) is 0 Å². The Hall–Kier alpha value is -1.69. The maximum atomic E-state index is 11.5. The van der Waals surface area contributed by atoms with Gasteiger partial charge in [0.2, 0.25) is 5.82 Å². The van der Waals surface area contributed by atoms with Gasteiger partial charge in [0.15, 0.2) is 0 Å². The van der Waals surface area contributed by atoms with Crippen molar-refractivity contribution in [1.82, 2.24) is 14.9 Å². The summed E-state index contributed by atoms with van der Waals surface area (Å²) in [7, 11) is 5.38. The van der Waals surface area contributed by atoms with Gasteiger partial charge in [-0.2, -0.15) is 0 Å². The van der Waals surface area contributed by atoms with Crippen molar-refractivity contribution in [3.8, 4) is 0 Å². The van der Waals surface area contributed by atoms with Crippen LogP contribution in [0.2, 0.25) is 0 Å². The van der Waals surface area contributed by atoms with E-state index >= 15 is 0 Å². The highest BCUT2D eigenvalue weighted by Gasteiger charge is 2.17. The van der Waals surface area contributed by atoms with E-state index in [1.807, 2.05) is 27.1 Å². The van der Waals surface area contributed by atoms with Crippen LogP contribution in [-0.2, 0) is 4.74 Å². The average Bonchev–Trinajstić information content (AvgIpc) is 2.35. The average molecular weight is 280 g/mol. The second kappa shape index (κ2) is 7.19. The Bertz CT molecular complexity index is 460. The summed E-state index contributed by atoms with van der Waals surface area (Å²) in [5.74, 6) is 0.653. The maximum Gasteiger partial charge on any atom is 0.376 e. The van der Waals surface area contributed by atoms with Gasteiger partial charge in [0, 0.05) is 24.3 Å². The fourth-order valence-electron chi connectivity index (χ4n) is 1.83. The number of rotatable bonds is 6. The second-order valence-electron chi connectivity index (χ2n) is 5.47. The Labute approximate surface area is 120 Å². The third-order valence-corrected chi connectivity index (χ3v) is 2.92. The highest BCUT2D eigenvalue weighted by atomic mass is 16.5. The van der Waals surface area contributed by atoms with Gasteiger partial charge < -0.3 is 15.0 Å². The van der Waals surface area contributed by atoms with Crippen molar-refractivity contribution in [3.63, 3.8) is 0 Å². The van der Waals surface area contributed by atoms with Gasteiger partial charge in [-0.3, -0.25) is 0 Å². The van der Waals surface area contributed by atoms with Crippen LogP contribution in [0.25, 0.3) is 0 Å². The van der Waals surface area contributed by atoms with E-state index in [-0.39, 0.29) is 11.9 Å². The third kappa shape index (κ3) is 4.77. The molecule has 0 bridgehead atoms. The number of nitrogens with zero attached hydrogens (tertiary/aromatic N) is 3. The molecule has 6 heteroatoms. The number of methoxy groups -OCH3 is 1. The van der Waals surface area contributed by atoms with E-state index in [1.165, 1.54) is 7.11 Å². The summed E-state index contributed by atoms with van der Waals surface area (Å²) < 4.78 is 4.66. The maximum absolute atomic E-state index is 11.5. The number of esters is 1. The number of ether oxygens (including phenoxy) is 1. The lowest BCUT2D eigenvalue weighted by Gasteiger charge is -2.26. The standard InChI is InChI=1S/C14H24N4O2/c1-9(2)11(8-18(4)5)16-12-7-10(3)15-13(17-12)14(19)20-6/h7,9,11H,8H2,1-6H3,(H,15,16,17). The molecule has 1 unspecified atom stereocenters. The quantitative estimate of drug-likeness (QED) is 0.798. The molecule has 0 aliphatic heterocycles. The lowest BCUT2D eigenvalue weighted by atomic mass is 10.0. The fourth-order valence-corrected chi connectivity index (χ4v) is 1.83. The van der Waals surface area contributed by atoms with Gasteiger partial charge in [0.05, 0.1) is 7.11 Å². The number of nitrogens with one attached hydrogen (secondary N) is 1. The van der Waals surface area contributed by atoms with Crippen molar-refractivity contribution in [3.05, 3.63) is 17.6 Å². The van der Waals surface area contributed by atoms with Gasteiger partial charge in [-0.05, 0) is 26.9 Å². The van der Waals surface area contributed by atoms with Gasteiger partial charge in [-0.25, -0.2) is 14.8 Å². The number of likely N-dealkylation sites (N-methyl/N-ethyl adjacent to an activating group) is 1. The summed E-state index contributed by atoms with van der Waals surface area (Å²) in [6.07, 6.45) is 0. The van der Waals surface area contributed by atoms with Gasteiger partial charge in [0.1, 0.15) is 5.82 Å². The summed E-state index contributed by atoms with van der Waals surface area (Å²) >= 11 is 0. The molecule has 0 radical (unpaired) electrons. The fraction of sp³-hybridized carbons (Fsp3) is 0.643. The highest BCUT2D eigenvalue weighted by molar-refractivity contribution is 5.85. The first kappa shape index (κ1) is 16.4. The van der Waals surface area contributed by atoms with Crippen LogP contribution >= 0.6 is 0 Å². The molecule has 112 valence electrons. The van der Waals surface area contributed by atoms with Crippen LogP contribution < -0.4 is 5.32 Å². The molecule has 0 aromatic carbocycles. The molecule has 1 rings (SSSR count). The van der Waals surface area contributed by atoms with Gasteiger partial charge in [-0.15, -0.1) is 0 Å². The van der Waals surface area contributed by atoms with E-state index in [9.17, 15) is 4.79 Å². The van der Waals surface area contributed by atoms with Crippen LogP contribution in [0.5, 0.6) is 0 Å². The zero-order valence-electron chi connectivity index (χ0n) is 13.1. The molecule has 0 aliphatic carbocycles. The molecule has 0 aliphatic rings. The van der Waals surface area contributed by atoms with Crippen LogP contribution in [0.1, 0.15) is 30.2 Å². The van der Waals surface area contributed by atoms with Crippen molar-refractivity contribution in [2.75, 3.05) is 33.1 Å². The van der Waals surface area contributed by atoms with Crippen molar-refractivity contribution >= 4 is 11.8 Å². The lowest BCUT2D eigenvalue weighted by Crippen LogP contribution is -2.36. The molecule has 0 spiro atoms. The van der Waals surface area contributed by atoms with Crippen LogP contribution in [-0.4, -0.2) is 54.6 Å². The molecule has 0 fully saturated rings. The number of aromatic nitrogens is 2. The summed E-state index contributed by atoms with van der Waals surface area (Å²) in [4.78, 5) is 22.0. The number of carbonyl (C=O) groups excluding carboxylic acids is 1. The Balaban J connectivity index is 2.95. The molecule has 1 heterocycles. The van der Waals surface area contributed by atoms with Crippen LogP contribution in [0.3, 0.4) is 0 Å².